The summed E-state index contributed by atoms with van der Waals surface area (Å²) in [6, 6.07) is 13.9. The number of nitrogens with zero attached hydrogens (tertiary/aromatic N) is 1. The van der Waals surface area contributed by atoms with Crippen LogP contribution in [0, 0.1) is 6.92 Å². The van der Waals surface area contributed by atoms with E-state index in [4.69, 9.17) is 4.74 Å². The van der Waals surface area contributed by atoms with E-state index in [0.29, 0.717) is 0 Å². The zero-order valence-corrected chi connectivity index (χ0v) is 10.1. The van der Waals surface area contributed by atoms with Gasteiger partial charge < -0.3 is 10.1 Å². The molecule has 1 N–H and O–H groups in total. The highest BCUT2D eigenvalue weighted by Crippen LogP contribution is 2.17. The van der Waals surface area contributed by atoms with E-state index in [1.807, 2.05) is 49.4 Å². The van der Waals surface area contributed by atoms with Gasteiger partial charge in [0.15, 0.2) is 0 Å². The Balaban J connectivity index is 2.02. The van der Waals surface area contributed by atoms with Crippen molar-refractivity contribution in [2.45, 2.75) is 13.5 Å². The third-order valence-electron chi connectivity index (χ3n) is 2.49. The first-order valence-electron chi connectivity index (χ1n) is 5.58. The van der Waals surface area contributed by atoms with Crippen LogP contribution < -0.4 is 10.1 Å². The molecule has 0 aliphatic rings. The number of ether oxygens (including phenoxy) is 1. The van der Waals surface area contributed by atoms with Gasteiger partial charge in [-0.1, -0.05) is 12.1 Å². The summed E-state index contributed by atoms with van der Waals surface area (Å²) < 4.78 is 5.17. The Morgan fingerprint density at radius 3 is 2.76 bits per heavy atom. The lowest BCUT2D eigenvalue weighted by Crippen LogP contribution is -2.02. The van der Waals surface area contributed by atoms with Crippen molar-refractivity contribution in [3.8, 4) is 5.75 Å². The van der Waals surface area contributed by atoms with Crippen LogP contribution in [0.25, 0.3) is 0 Å². The Kier molecular flexibility index (Phi) is 3.60. The lowest BCUT2D eigenvalue weighted by atomic mass is 10.2. The first-order chi connectivity index (χ1) is 8.28. The average Bonchev–Trinajstić information content (AvgIpc) is 2.37. The molecule has 0 aliphatic carbocycles. The summed E-state index contributed by atoms with van der Waals surface area (Å²) in [4.78, 5) is 4.44. The number of pyridine rings is 1. The number of aromatic nitrogens is 1. The van der Waals surface area contributed by atoms with Gasteiger partial charge in [-0.15, -0.1) is 0 Å². The van der Waals surface area contributed by atoms with Gasteiger partial charge in [0.05, 0.1) is 19.3 Å². The van der Waals surface area contributed by atoms with Crippen LogP contribution in [-0.4, -0.2) is 12.1 Å². The lowest BCUT2D eigenvalue weighted by Gasteiger charge is -2.08. The van der Waals surface area contributed by atoms with Crippen molar-refractivity contribution in [3.05, 3.63) is 53.9 Å². The second-order valence-corrected chi connectivity index (χ2v) is 3.86. The van der Waals surface area contributed by atoms with Crippen molar-refractivity contribution in [1.82, 2.24) is 4.98 Å². The molecular weight excluding hydrogens is 212 g/mol. The standard InChI is InChI=1S/C14H16N2O/c1-11-5-3-7-13(16-11)10-15-12-6-4-8-14(9-12)17-2/h3-9,15H,10H2,1-2H3. The van der Waals surface area contributed by atoms with E-state index in [2.05, 4.69) is 10.3 Å². The number of aryl methyl sites for hydroxylation is 1. The molecule has 2 rings (SSSR count). The van der Waals surface area contributed by atoms with Gasteiger partial charge in [0.1, 0.15) is 5.75 Å². The van der Waals surface area contributed by atoms with Gasteiger partial charge in [-0.05, 0) is 31.2 Å². The summed E-state index contributed by atoms with van der Waals surface area (Å²) in [5.41, 5.74) is 3.11. The molecule has 0 saturated carbocycles. The predicted molar refractivity (Wildman–Crippen MR) is 69.3 cm³/mol. The summed E-state index contributed by atoms with van der Waals surface area (Å²) in [7, 11) is 1.67. The van der Waals surface area contributed by atoms with Crippen LogP contribution >= 0.6 is 0 Å². The molecule has 3 nitrogen and oxygen atoms in total. The smallest absolute Gasteiger partial charge is 0.120 e. The van der Waals surface area contributed by atoms with Crippen molar-refractivity contribution in [3.63, 3.8) is 0 Å². The van der Waals surface area contributed by atoms with Gasteiger partial charge in [-0.2, -0.15) is 0 Å². The molecule has 0 bridgehead atoms. The number of methoxy groups -OCH3 is 1. The van der Waals surface area contributed by atoms with E-state index in [-0.39, 0.29) is 0 Å². The van der Waals surface area contributed by atoms with Crippen LogP contribution in [0.15, 0.2) is 42.5 Å². The third-order valence-corrected chi connectivity index (χ3v) is 2.49. The molecule has 0 aliphatic heterocycles. The van der Waals surface area contributed by atoms with Crippen LogP contribution in [0.1, 0.15) is 11.4 Å². The molecule has 0 saturated heterocycles. The fourth-order valence-electron chi connectivity index (χ4n) is 1.62. The molecule has 0 fully saturated rings. The lowest BCUT2D eigenvalue weighted by molar-refractivity contribution is 0.415. The maximum Gasteiger partial charge on any atom is 0.120 e. The summed E-state index contributed by atoms with van der Waals surface area (Å²) >= 11 is 0. The normalized spacial score (nSPS) is 10.0. The number of nitrogens with one attached hydrogen (secondary N) is 1. The summed E-state index contributed by atoms with van der Waals surface area (Å²) in [5, 5.41) is 3.32. The molecule has 88 valence electrons. The molecule has 0 unspecified atom stereocenters. The Morgan fingerprint density at radius 2 is 2.00 bits per heavy atom. The number of hydrogen-bond donors (Lipinski definition) is 1. The minimum atomic E-state index is 0.717. The summed E-state index contributed by atoms with van der Waals surface area (Å²) in [6.45, 7) is 2.71. The van der Waals surface area contributed by atoms with E-state index in [1.54, 1.807) is 7.11 Å². The number of rotatable bonds is 4. The quantitative estimate of drug-likeness (QED) is 0.873. The monoisotopic (exact) mass is 228 g/mol. The van der Waals surface area contributed by atoms with Crippen molar-refractivity contribution in [2.24, 2.45) is 0 Å². The zero-order chi connectivity index (χ0) is 12.1. The maximum atomic E-state index is 5.17. The molecule has 0 atom stereocenters. The van der Waals surface area contributed by atoms with E-state index in [1.165, 1.54) is 0 Å². The molecular formula is C14H16N2O. The predicted octanol–water partition coefficient (Wildman–Crippen LogP) is 3.01. The van der Waals surface area contributed by atoms with Crippen molar-refractivity contribution in [2.75, 3.05) is 12.4 Å². The molecule has 2 aromatic rings. The van der Waals surface area contributed by atoms with E-state index in [0.717, 1.165) is 29.4 Å². The van der Waals surface area contributed by atoms with Crippen LogP contribution in [0.5, 0.6) is 5.75 Å². The number of anilines is 1. The number of hydrogen-bond acceptors (Lipinski definition) is 3. The SMILES string of the molecule is COc1cccc(NCc2cccc(C)n2)c1. The molecule has 0 amide bonds. The van der Waals surface area contributed by atoms with E-state index < -0.39 is 0 Å². The summed E-state index contributed by atoms with van der Waals surface area (Å²) in [6.07, 6.45) is 0. The van der Waals surface area contributed by atoms with Crippen molar-refractivity contribution in [1.29, 1.82) is 0 Å². The molecule has 0 spiro atoms. The van der Waals surface area contributed by atoms with Gasteiger partial charge in [0, 0.05) is 17.4 Å². The van der Waals surface area contributed by atoms with Gasteiger partial charge >= 0.3 is 0 Å². The largest absolute Gasteiger partial charge is 0.497 e. The van der Waals surface area contributed by atoms with E-state index in [9.17, 15) is 0 Å². The Labute approximate surface area is 101 Å². The van der Waals surface area contributed by atoms with Gasteiger partial charge in [0.25, 0.3) is 0 Å². The highest BCUT2D eigenvalue weighted by atomic mass is 16.5. The first-order valence-corrected chi connectivity index (χ1v) is 5.58. The molecule has 1 aromatic heterocycles. The van der Waals surface area contributed by atoms with Gasteiger partial charge in [-0.25, -0.2) is 0 Å². The minimum Gasteiger partial charge on any atom is -0.497 e. The first kappa shape index (κ1) is 11.5. The van der Waals surface area contributed by atoms with E-state index >= 15 is 0 Å². The Hall–Kier alpha value is -2.03. The second-order valence-electron chi connectivity index (χ2n) is 3.86. The zero-order valence-electron chi connectivity index (χ0n) is 10.1. The molecule has 17 heavy (non-hydrogen) atoms. The van der Waals surface area contributed by atoms with Crippen molar-refractivity contribution < 1.29 is 4.74 Å². The Bertz CT molecular complexity index is 497. The topological polar surface area (TPSA) is 34.1 Å². The van der Waals surface area contributed by atoms with Crippen LogP contribution in [0.2, 0.25) is 0 Å². The van der Waals surface area contributed by atoms with Crippen molar-refractivity contribution >= 4 is 5.69 Å². The highest BCUT2D eigenvalue weighted by Gasteiger charge is 1.97. The molecule has 1 heterocycles. The van der Waals surface area contributed by atoms with Crippen LogP contribution in [0.3, 0.4) is 0 Å². The van der Waals surface area contributed by atoms with Crippen LogP contribution in [0.4, 0.5) is 5.69 Å². The molecule has 0 radical (unpaired) electrons. The fourth-order valence-corrected chi connectivity index (χ4v) is 1.62. The van der Waals surface area contributed by atoms with Crippen LogP contribution in [-0.2, 0) is 6.54 Å². The molecule has 3 heteroatoms. The number of benzene rings is 1. The fraction of sp³-hybridized carbons (Fsp3) is 0.214. The maximum absolute atomic E-state index is 5.17. The van der Waals surface area contributed by atoms with Gasteiger partial charge in [-0.3, -0.25) is 4.98 Å². The average molecular weight is 228 g/mol. The second kappa shape index (κ2) is 5.34. The molecule has 1 aromatic carbocycles. The minimum absolute atomic E-state index is 0.717. The third kappa shape index (κ3) is 3.21. The Morgan fingerprint density at radius 1 is 1.18 bits per heavy atom. The summed E-state index contributed by atoms with van der Waals surface area (Å²) in [5.74, 6) is 0.854. The highest BCUT2D eigenvalue weighted by molar-refractivity contribution is 5.48. The van der Waals surface area contributed by atoms with Gasteiger partial charge in [0.2, 0.25) is 0 Å².